The summed E-state index contributed by atoms with van der Waals surface area (Å²) < 4.78 is 10.5. The van der Waals surface area contributed by atoms with Gasteiger partial charge in [0.1, 0.15) is 5.75 Å². The number of fused-ring (bicyclic) bond motifs is 1. The highest BCUT2D eigenvalue weighted by molar-refractivity contribution is 7.99. The number of ether oxygens (including phenoxy) is 2. The molecule has 154 valence electrons. The average Bonchev–Trinajstić information content (AvgIpc) is 2.73. The molecule has 2 aromatic rings. The van der Waals surface area contributed by atoms with Gasteiger partial charge < -0.3 is 14.4 Å². The van der Waals surface area contributed by atoms with E-state index in [4.69, 9.17) is 9.47 Å². The normalized spacial score (nSPS) is 13.0. The number of hydrogen-bond acceptors (Lipinski definition) is 6. The fourth-order valence-corrected chi connectivity index (χ4v) is 4.42. The molecule has 29 heavy (non-hydrogen) atoms. The summed E-state index contributed by atoms with van der Waals surface area (Å²) in [6.45, 7) is 2.72. The molecule has 1 aliphatic rings. The highest BCUT2D eigenvalue weighted by atomic mass is 32.2. The molecule has 0 saturated heterocycles. The molecule has 7 nitrogen and oxygen atoms in total. The largest absolute Gasteiger partial charge is 0.495 e. The van der Waals surface area contributed by atoms with Crippen LogP contribution < -0.4 is 14.4 Å². The summed E-state index contributed by atoms with van der Waals surface area (Å²) in [7, 11) is 3.02. The van der Waals surface area contributed by atoms with Gasteiger partial charge in [-0.1, -0.05) is 12.1 Å². The van der Waals surface area contributed by atoms with Crippen LogP contribution in [0.3, 0.4) is 0 Å². The lowest BCUT2D eigenvalue weighted by Gasteiger charge is -2.32. The lowest BCUT2D eigenvalue weighted by Crippen LogP contribution is -2.37. The number of rotatable bonds is 7. The van der Waals surface area contributed by atoms with Crippen molar-refractivity contribution in [2.24, 2.45) is 0 Å². The third kappa shape index (κ3) is 4.48. The van der Waals surface area contributed by atoms with Crippen LogP contribution in [0.15, 0.2) is 30.3 Å². The van der Waals surface area contributed by atoms with Gasteiger partial charge in [0.2, 0.25) is 5.91 Å². The van der Waals surface area contributed by atoms with Crippen molar-refractivity contribution in [1.29, 1.82) is 0 Å². The molecule has 0 radical (unpaired) electrons. The lowest BCUT2D eigenvalue weighted by atomic mass is 9.96. The van der Waals surface area contributed by atoms with Crippen molar-refractivity contribution in [2.45, 2.75) is 25.5 Å². The molecule has 0 spiro atoms. The molecule has 0 N–H and O–H groups in total. The summed E-state index contributed by atoms with van der Waals surface area (Å²) in [5.74, 6) is 1.75. The molecule has 2 aromatic carbocycles. The van der Waals surface area contributed by atoms with E-state index in [0.29, 0.717) is 12.3 Å². The second-order valence-electron chi connectivity index (χ2n) is 6.82. The van der Waals surface area contributed by atoms with Gasteiger partial charge in [-0.05, 0) is 48.6 Å². The molecule has 0 atom stereocenters. The van der Waals surface area contributed by atoms with E-state index < -0.39 is 4.92 Å². The zero-order valence-corrected chi connectivity index (χ0v) is 17.6. The Morgan fingerprint density at radius 1 is 1.21 bits per heavy atom. The molecule has 1 aliphatic heterocycles. The first-order valence-corrected chi connectivity index (χ1v) is 10.5. The van der Waals surface area contributed by atoms with Crippen LogP contribution in [-0.4, -0.2) is 37.3 Å². The Morgan fingerprint density at radius 3 is 2.62 bits per heavy atom. The fraction of sp³-hybridized carbons (Fsp3) is 0.381. The number of carbonyl (C=O) groups is 1. The molecule has 0 aromatic heterocycles. The van der Waals surface area contributed by atoms with E-state index >= 15 is 0 Å². The van der Waals surface area contributed by atoms with Crippen LogP contribution in [0, 0.1) is 17.0 Å². The van der Waals surface area contributed by atoms with Gasteiger partial charge in [-0.3, -0.25) is 14.9 Å². The van der Waals surface area contributed by atoms with Crippen LogP contribution in [-0.2, 0) is 17.0 Å². The Bertz CT molecular complexity index is 932. The third-order valence-electron chi connectivity index (χ3n) is 5.01. The second kappa shape index (κ2) is 9.17. The van der Waals surface area contributed by atoms with Gasteiger partial charge in [0.05, 0.1) is 30.6 Å². The molecule has 3 rings (SSSR count). The first-order chi connectivity index (χ1) is 14.0. The van der Waals surface area contributed by atoms with Crippen molar-refractivity contribution in [3.63, 3.8) is 0 Å². The van der Waals surface area contributed by atoms with Gasteiger partial charge in [-0.2, -0.15) is 0 Å². The molecule has 0 unspecified atom stereocenters. The van der Waals surface area contributed by atoms with Gasteiger partial charge in [-0.15, -0.1) is 11.8 Å². The maximum absolute atomic E-state index is 12.9. The highest BCUT2D eigenvalue weighted by Crippen LogP contribution is 2.38. The molecule has 0 fully saturated rings. The van der Waals surface area contributed by atoms with E-state index in [2.05, 4.69) is 6.92 Å². The maximum atomic E-state index is 12.9. The predicted octanol–water partition coefficient (Wildman–Crippen LogP) is 4.13. The summed E-state index contributed by atoms with van der Waals surface area (Å²) in [6, 6.07) is 8.80. The van der Waals surface area contributed by atoms with Gasteiger partial charge >= 0.3 is 5.69 Å². The first-order valence-electron chi connectivity index (χ1n) is 9.32. The molecule has 0 aliphatic carbocycles. The number of hydrogen-bond donors (Lipinski definition) is 0. The Kier molecular flexibility index (Phi) is 6.64. The van der Waals surface area contributed by atoms with Crippen molar-refractivity contribution in [2.75, 3.05) is 31.4 Å². The lowest BCUT2D eigenvalue weighted by molar-refractivity contribution is -0.385. The number of benzene rings is 2. The van der Waals surface area contributed by atoms with Crippen LogP contribution in [0.2, 0.25) is 0 Å². The second-order valence-corrected chi connectivity index (χ2v) is 7.80. The van der Waals surface area contributed by atoms with Crippen molar-refractivity contribution in [1.82, 2.24) is 0 Å². The quantitative estimate of drug-likeness (QED) is 0.499. The topological polar surface area (TPSA) is 81.9 Å². The standard InChI is InChI=1S/C21H24N2O5S/c1-14-6-8-19(28-3)21-16(14)5-4-10-22(21)20(24)13-29-12-15-7-9-18(27-2)17(11-15)23(25)26/h6-9,11H,4-5,10,12-13H2,1-3H3. The van der Waals surface area contributed by atoms with E-state index in [0.717, 1.165) is 35.4 Å². The molecule has 8 heteroatoms. The van der Waals surface area contributed by atoms with E-state index in [1.54, 1.807) is 19.2 Å². The Labute approximate surface area is 174 Å². The molecular formula is C21H24N2O5S. The van der Waals surface area contributed by atoms with Gasteiger partial charge in [0.15, 0.2) is 5.75 Å². The maximum Gasteiger partial charge on any atom is 0.311 e. The molecule has 1 heterocycles. The molecule has 0 saturated carbocycles. The van der Waals surface area contributed by atoms with Gasteiger partial charge in [0.25, 0.3) is 0 Å². The Morgan fingerprint density at radius 2 is 1.93 bits per heavy atom. The smallest absolute Gasteiger partial charge is 0.311 e. The minimum absolute atomic E-state index is 0.0165. The molecule has 0 bridgehead atoms. The zero-order valence-electron chi connectivity index (χ0n) is 16.8. The van der Waals surface area contributed by atoms with E-state index in [9.17, 15) is 14.9 Å². The summed E-state index contributed by atoms with van der Waals surface area (Å²) in [6.07, 6.45) is 1.85. The van der Waals surface area contributed by atoms with E-state index in [-0.39, 0.29) is 23.1 Å². The number of nitrogens with zero attached hydrogens (tertiary/aromatic N) is 2. The third-order valence-corrected chi connectivity index (χ3v) is 6.00. The SMILES string of the molecule is COc1ccc(CSCC(=O)N2CCCc3c(C)ccc(OC)c32)cc1[N+](=O)[O-]. The van der Waals surface area contributed by atoms with Crippen LogP contribution in [0.1, 0.15) is 23.1 Å². The Balaban J connectivity index is 1.70. The van der Waals surface area contributed by atoms with Crippen LogP contribution in [0.5, 0.6) is 11.5 Å². The summed E-state index contributed by atoms with van der Waals surface area (Å²) in [4.78, 5) is 25.5. The predicted molar refractivity (Wildman–Crippen MR) is 114 cm³/mol. The van der Waals surface area contributed by atoms with Crippen LogP contribution in [0.4, 0.5) is 11.4 Å². The minimum atomic E-state index is -0.461. The first kappa shape index (κ1) is 21.0. The fourth-order valence-electron chi connectivity index (χ4n) is 3.57. The molecule has 1 amide bonds. The number of methoxy groups -OCH3 is 2. The van der Waals surface area contributed by atoms with Crippen molar-refractivity contribution < 1.29 is 19.2 Å². The number of carbonyl (C=O) groups excluding carboxylic acids is 1. The average molecular weight is 416 g/mol. The summed E-state index contributed by atoms with van der Waals surface area (Å²) in [5.41, 5.74) is 3.92. The zero-order chi connectivity index (χ0) is 21.0. The number of amides is 1. The van der Waals surface area contributed by atoms with Gasteiger partial charge in [0, 0.05) is 18.4 Å². The van der Waals surface area contributed by atoms with Crippen molar-refractivity contribution >= 4 is 29.0 Å². The summed E-state index contributed by atoms with van der Waals surface area (Å²) >= 11 is 1.44. The number of anilines is 1. The van der Waals surface area contributed by atoms with E-state index in [1.807, 2.05) is 17.0 Å². The highest BCUT2D eigenvalue weighted by Gasteiger charge is 2.27. The monoisotopic (exact) mass is 416 g/mol. The molecular weight excluding hydrogens is 392 g/mol. The number of thioether (sulfide) groups is 1. The van der Waals surface area contributed by atoms with Crippen LogP contribution >= 0.6 is 11.8 Å². The number of aryl methyl sites for hydroxylation is 1. The van der Waals surface area contributed by atoms with Crippen molar-refractivity contribution in [3.8, 4) is 11.5 Å². The summed E-state index contributed by atoms with van der Waals surface area (Å²) in [5, 5.41) is 11.2. The van der Waals surface area contributed by atoms with Gasteiger partial charge in [-0.25, -0.2) is 0 Å². The number of nitro benzene ring substituents is 1. The van der Waals surface area contributed by atoms with Crippen molar-refractivity contribution in [3.05, 3.63) is 57.1 Å². The Hall–Kier alpha value is -2.74. The number of nitro groups is 1. The minimum Gasteiger partial charge on any atom is -0.495 e. The van der Waals surface area contributed by atoms with Crippen LogP contribution in [0.25, 0.3) is 0 Å². The van der Waals surface area contributed by atoms with E-state index in [1.165, 1.54) is 30.5 Å².